The van der Waals surface area contributed by atoms with Crippen molar-refractivity contribution in [3.63, 3.8) is 0 Å². The minimum atomic E-state index is -4.05. The van der Waals surface area contributed by atoms with Crippen LogP contribution in [0.1, 0.15) is 0 Å². The smallest absolute Gasteiger partial charge is 0.269 e. The second kappa shape index (κ2) is 8.38. The van der Waals surface area contributed by atoms with Crippen molar-refractivity contribution in [1.29, 1.82) is 0 Å². The molecule has 8 nitrogen and oxygen atoms in total. The molecule has 3 aromatic carbocycles. The number of nitrogens with one attached hydrogen (secondary N) is 1. The van der Waals surface area contributed by atoms with E-state index in [0.717, 1.165) is 24.3 Å². The molecule has 0 atom stereocenters. The Morgan fingerprint density at radius 3 is 2.24 bits per heavy atom. The summed E-state index contributed by atoms with van der Waals surface area (Å²) in [6.45, 7) is 0. The fourth-order valence-corrected chi connectivity index (χ4v) is 3.68. The SMILES string of the molecule is COc1ccccc1Oc1ccc(Cl)cc1NS(=O)(=O)c1ccc([N+](=O)[O-])cc1. The van der Waals surface area contributed by atoms with Gasteiger partial charge in [-0.05, 0) is 42.5 Å². The number of sulfonamides is 1. The molecule has 0 radical (unpaired) electrons. The molecular formula is C19H15ClN2O6S. The van der Waals surface area contributed by atoms with Crippen molar-refractivity contribution in [2.24, 2.45) is 0 Å². The number of anilines is 1. The number of benzene rings is 3. The van der Waals surface area contributed by atoms with Crippen LogP contribution in [0.15, 0.2) is 71.6 Å². The van der Waals surface area contributed by atoms with E-state index in [4.69, 9.17) is 21.1 Å². The molecule has 0 amide bonds. The van der Waals surface area contributed by atoms with Gasteiger partial charge in [-0.15, -0.1) is 0 Å². The molecule has 0 aliphatic carbocycles. The van der Waals surface area contributed by atoms with Gasteiger partial charge in [0.25, 0.3) is 15.7 Å². The lowest BCUT2D eigenvalue weighted by Gasteiger charge is -2.15. The van der Waals surface area contributed by atoms with E-state index in [1.165, 1.54) is 19.2 Å². The summed E-state index contributed by atoms with van der Waals surface area (Å²) in [5, 5.41) is 11.1. The molecular weight excluding hydrogens is 420 g/mol. The Morgan fingerprint density at radius 2 is 1.62 bits per heavy atom. The number of nitro groups is 1. The lowest BCUT2D eigenvalue weighted by molar-refractivity contribution is -0.384. The topological polar surface area (TPSA) is 108 Å². The molecule has 0 spiro atoms. The number of methoxy groups -OCH3 is 1. The summed E-state index contributed by atoms with van der Waals surface area (Å²) in [6.07, 6.45) is 0. The Balaban J connectivity index is 1.94. The zero-order valence-corrected chi connectivity index (χ0v) is 16.6. The van der Waals surface area contributed by atoms with Crippen LogP contribution in [0.2, 0.25) is 5.02 Å². The van der Waals surface area contributed by atoms with Crippen LogP contribution in [-0.4, -0.2) is 20.5 Å². The third-order valence-electron chi connectivity index (χ3n) is 3.83. The second-order valence-electron chi connectivity index (χ2n) is 5.75. The molecule has 0 bridgehead atoms. The molecule has 0 unspecified atom stereocenters. The molecule has 150 valence electrons. The summed E-state index contributed by atoms with van der Waals surface area (Å²) in [5.41, 5.74) is -0.117. The molecule has 0 saturated heterocycles. The maximum Gasteiger partial charge on any atom is 0.269 e. The van der Waals surface area contributed by atoms with Crippen molar-refractivity contribution in [3.05, 3.63) is 81.9 Å². The van der Waals surface area contributed by atoms with Crippen LogP contribution in [0.25, 0.3) is 0 Å². The number of nitrogens with zero attached hydrogens (tertiary/aromatic N) is 1. The van der Waals surface area contributed by atoms with E-state index in [9.17, 15) is 18.5 Å². The van der Waals surface area contributed by atoms with E-state index >= 15 is 0 Å². The molecule has 0 heterocycles. The number of non-ortho nitro benzene ring substituents is 1. The predicted octanol–water partition coefficient (Wildman–Crippen LogP) is 4.85. The molecule has 29 heavy (non-hydrogen) atoms. The van der Waals surface area contributed by atoms with Crippen molar-refractivity contribution in [1.82, 2.24) is 0 Å². The predicted molar refractivity (Wildman–Crippen MR) is 108 cm³/mol. The summed E-state index contributed by atoms with van der Waals surface area (Å²) in [7, 11) is -2.56. The average Bonchev–Trinajstić information content (AvgIpc) is 2.70. The number of para-hydroxylation sites is 2. The Labute approximate surface area is 171 Å². The van der Waals surface area contributed by atoms with Crippen LogP contribution in [-0.2, 0) is 10.0 Å². The third-order valence-corrected chi connectivity index (χ3v) is 5.45. The van der Waals surface area contributed by atoms with Gasteiger partial charge in [0, 0.05) is 17.2 Å². The first-order valence-corrected chi connectivity index (χ1v) is 10.0. The molecule has 1 N–H and O–H groups in total. The first-order chi connectivity index (χ1) is 13.8. The van der Waals surface area contributed by atoms with Crippen LogP contribution in [0.5, 0.6) is 17.2 Å². The average molecular weight is 435 g/mol. The van der Waals surface area contributed by atoms with Gasteiger partial charge in [-0.3, -0.25) is 14.8 Å². The molecule has 10 heteroatoms. The summed E-state index contributed by atoms with van der Waals surface area (Å²) < 4.78 is 38.9. The number of rotatable bonds is 7. The van der Waals surface area contributed by atoms with Crippen LogP contribution in [0.3, 0.4) is 0 Å². The highest BCUT2D eigenvalue weighted by Gasteiger charge is 2.19. The van der Waals surface area contributed by atoms with Gasteiger partial charge < -0.3 is 9.47 Å². The molecule has 0 aliphatic rings. The number of hydrogen-bond acceptors (Lipinski definition) is 6. The van der Waals surface area contributed by atoms with Crippen molar-refractivity contribution in [3.8, 4) is 17.2 Å². The fourth-order valence-electron chi connectivity index (χ4n) is 2.44. The summed E-state index contributed by atoms with van der Waals surface area (Å²) >= 11 is 6.02. The highest BCUT2D eigenvalue weighted by Crippen LogP contribution is 2.37. The highest BCUT2D eigenvalue weighted by atomic mass is 35.5. The van der Waals surface area contributed by atoms with Crippen LogP contribution in [0, 0.1) is 10.1 Å². The molecule has 0 fully saturated rings. The third kappa shape index (κ3) is 4.76. The van der Waals surface area contributed by atoms with Gasteiger partial charge in [-0.2, -0.15) is 0 Å². The minimum Gasteiger partial charge on any atom is -0.493 e. The van der Waals surface area contributed by atoms with E-state index < -0.39 is 14.9 Å². The number of ether oxygens (including phenoxy) is 2. The Hall–Kier alpha value is -3.30. The monoisotopic (exact) mass is 434 g/mol. The van der Waals surface area contributed by atoms with E-state index in [2.05, 4.69) is 4.72 Å². The van der Waals surface area contributed by atoms with Gasteiger partial charge in [0.2, 0.25) is 0 Å². The quantitative estimate of drug-likeness (QED) is 0.420. The largest absolute Gasteiger partial charge is 0.493 e. The zero-order valence-electron chi connectivity index (χ0n) is 15.0. The van der Waals surface area contributed by atoms with Crippen LogP contribution >= 0.6 is 11.6 Å². The first-order valence-electron chi connectivity index (χ1n) is 8.18. The highest BCUT2D eigenvalue weighted by molar-refractivity contribution is 7.92. The summed E-state index contributed by atoms with van der Waals surface area (Å²) in [6, 6.07) is 15.9. The zero-order chi connectivity index (χ0) is 21.0. The van der Waals surface area contributed by atoms with Gasteiger partial charge >= 0.3 is 0 Å². The normalized spacial score (nSPS) is 11.0. The lowest BCUT2D eigenvalue weighted by Crippen LogP contribution is -2.13. The fraction of sp³-hybridized carbons (Fsp3) is 0.0526. The number of hydrogen-bond donors (Lipinski definition) is 1. The van der Waals surface area contributed by atoms with Gasteiger partial charge in [0.05, 0.1) is 22.6 Å². The van der Waals surface area contributed by atoms with E-state index in [1.807, 2.05) is 0 Å². The Morgan fingerprint density at radius 1 is 0.966 bits per heavy atom. The van der Waals surface area contributed by atoms with Gasteiger partial charge in [0.15, 0.2) is 17.2 Å². The molecule has 0 saturated carbocycles. The van der Waals surface area contributed by atoms with Crippen LogP contribution < -0.4 is 14.2 Å². The molecule has 0 aliphatic heterocycles. The first kappa shape index (κ1) is 20.4. The van der Waals surface area contributed by atoms with Gasteiger partial charge in [-0.1, -0.05) is 23.7 Å². The molecule has 0 aromatic heterocycles. The van der Waals surface area contributed by atoms with Crippen molar-refractivity contribution < 1.29 is 22.8 Å². The van der Waals surface area contributed by atoms with Crippen molar-refractivity contribution in [2.45, 2.75) is 4.90 Å². The minimum absolute atomic E-state index is 0.0989. The van der Waals surface area contributed by atoms with Gasteiger partial charge in [-0.25, -0.2) is 8.42 Å². The second-order valence-corrected chi connectivity index (χ2v) is 7.87. The molecule has 3 aromatic rings. The number of nitro benzene ring substituents is 1. The Bertz CT molecular complexity index is 1150. The maximum absolute atomic E-state index is 12.7. The standard InChI is InChI=1S/C19H15ClN2O6S/c1-27-18-4-2-3-5-19(18)28-17-11-6-13(20)12-16(17)21-29(25,26)15-9-7-14(8-10-15)22(23)24/h2-12,21H,1H3. The van der Waals surface area contributed by atoms with Crippen molar-refractivity contribution in [2.75, 3.05) is 11.8 Å². The van der Waals surface area contributed by atoms with E-state index in [0.29, 0.717) is 16.5 Å². The Kier molecular flexibility index (Phi) is 5.90. The summed E-state index contributed by atoms with van der Waals surface area (Å²) in [5.74, 6) is 1.05. The molecule has 3 rings (SSSR count). The van der Waals surface area contributed by atoms with Crippen molar-refractivity contribution >= 4 is 33.0 Å². The lowest BCUT2D eigenvalue weighted by atomic mass is 10.3. The van der Waals surface area contributed by atoms with E-state index in [-0.39, 0.29) is 22.0 Å². The number of halogens is 1. The van der Waals surface area contributed by atoms with Gasteiger partial charge in [0.1, 0.15) is 0 Å². The van der Waals surface area contributed by atoms with E-state index in [1.54, 1.807) is 30.3 Å². The van der Waals surface area contributed by atoms with Crippen LogP contribution in [0.4, 0.5) is 11.4 Å². The summed E-state index contributed by atoms with van der Waals surface area (Å²) in [4.78, 5) is 10.0. The maximum atomic E-state index is 12.7.